The van der Waals surface area contributed by atoms with Crippen molar-refractivity contribution >= 4 is 11.8 Å². The van der Waals surface area contributed by atoms with Crippen molar-refractivity contribution in [1.82, 2.24) is 9.80 Å². The van der Waals surface area contributed by atoms with E-state index in [1.54, 1.807) is 4.90 Å². The van der Waals surface area contributed by atoms with E-state index in [0.717, 1.165) is 24.9 Å². The molecule has 1 aliphatic heterocycles. The number of nitrogens with zero attached hydrogens (tertiary/aromatic N) is 2. The van der Waals surface area contributed by atoms with E-state index in [-0.39, 0.29) is 24.4 Å². The summed E-state index contributed by atoms with van der Waals surface area (Å²) in [4.78, 5) is 28.2. The zero-order chi connectivity index (χ0) is 15.9. The second kappa shape index (κ2) is 7.78. The fraction of sp³-hybridized carbons (Fsp3) is 0.444. The number of carbonyl (C=O) groups excluding carboxylic acids is 2. The highest BCUT2D eigenvalue weighted by molar-refractivity contribution is 5.85. The van der Waals surface area contributed by atoms with Crippen molar-refractivity contribution < 1.29 is 9.59 Å². The quantitative estimate of drug-likeness (QED) is 0.758. The number of rotatable bonds is 6. The molecule has 0 spiro atoms. The maximum absolute atomic E-state index is 12.5. The normalized spacial score (nSPS) is 17.3. The fourth-order valence-corrected chi connectivity index (χ4v) is 2.86. The van der Waals surface area contributed by atoms with Crippen molar-refractivity contribution in [1.29, 1.82) is 0 Å². The van der Waals surface area contributed by atoms with Crippen molar-refractivity contribution in [2.24, 2.45) is 0 Å². The van der Waals surface area contributed by atoms with E-state index in [1.807, 2.05) is 48.2 Å². The Morgan fingerprint density at radius 2 is 2.09 bits per heavy atom. The van der Waals surface area contributed by atoms with Crippen molar-refractivity contribution in [3.63, 3.8) is 0 Å². The lowest BCUT2D eigenvalue weighted by Crippen LogP contribution is -2.43. The van der Waals surface area contributed by atoms with Gasteiger partial charge in [0.15, 0.2) is 0 Å². The molecular formula is C18H24N2O2. The van der Waals surface area contributed by atoms with E-state index in [4.69, 9.17) is 0 Å². The SMILES string of the molecule is C=CC1CCCN1C(=O)CN(Cc1ccccc1)C(=O)CC. The first-order valence-electron chi connectivity index (χ1n) is 7.89. The molecule has 22 heavy (non-hydrogen) atoms. The summed E-state index contributed by atoms with van der Waals surface area (Å²) in [6.45, 7) is 7.01. The number of hydrogen-bond donors (Lipinski definition) is 0. The summed E-state index contributed by atoms with van der Waals surface area (Å²) in [5.41, 5.74) is 1.04. The number of amides is 2. The lowest BCUT2D eigenvalue weighted by atomic mass is 10.2. The first-order valence-corrected chi connectivity index (χ1v) is 7.89. The van der Waals surface area contributed by atoms with Crippen LogP contribution in [0.5, 0.6) is 0 Å². The van der Waals surface area contributed by atoms with Crippen LogP contribution in [0.3, 0.4) is 0 Å². The van der Waals surface area contributed by atoms with Crippen molar-refractivity contribution in [2.45, 2.75) is 38.8 Å². The Bertz CT molecular complexity index is 527. The Balaban J connectivity index is 2.05. The molecule has 1 heterocycles. The molecule has 2 amide bonds. The minimum absolute atomic E-state index is 0.00607. The van der Waals surface area contributed by atoms with Gasteiger partial charge >= 0.3 is 0 Å². The van der Waals surface area contributed by atoms with Gasteiger partial charge in [0.1, 0.15) is 6.54 Å². The molecule has 0 radical (unpaired) electrons. The van der Waals surface area contributed by atoms with Gasteiger partial charge in [-0.2, -0.15) is 0 Å². The summed E-state index contributed by atoms with van der Waals surface area (Å²) >= 11 is 0. The van der Waals surface area contributed by atoms with Crippen LogP contribution in [0.2, 0.25) is 0 Å². The Morgan fingerprint density at radius 3 is 2.73 bits per heavy atom. The topological polar surface area (TPSA) is 40.6 Å². The molecule has 0 saturated carbocycles. The zero-order valence-corrected chi connectivity index (χ0v) is 13.2. The van der Waals surface area contributed by atoms with Crippen molar-refractivity contribution in [2.75, 3.05) is 13.1 Å². The van der Waals surface area contributed by atoms with Crippen LogP contribution in [0.4, 0.5) is 0 Å². The minimum Gasteiger partial charge on any atom is -0.335 e. The van der Waals surface area contributed by atoms with Crippen LogP contribution in [0.15, 0.2) is 43.0 Å². The molecule has 1 aromatic rings. The molecule has 0 aromatic heterocycles. The van der Waals surface area contributed by atoms with Crippen LogP contribution in [-0.2, 0) is 16.1 Å². The monoisotopic (exact) mass is 300 g/mol. The smallest absolute Gasteiger partial charge is 0.242 e. The van der Waals surface area contributed by atoms with Crippen molar-refractivity contribution in [3.8, 4) is 0 Å². The number of carbonyl (C=O) groups is 2. The zero-order valence-electron chi connectivity index (χ0n) is 13.2. The molecule has 4 heteroatoms. The van der Waals surface area contributed by atoms with E-state index in [9.17, 15) is 9.59 Å². The summed E-state index contributed by atoms with van der Waals surface area (Å²) in [6.07, 6.45) is 4.21. The molecule has 1 unspecified atom stereocenters. The van der Waals surface area contributed by atoms with Gasteiger partial charge in [0.05, 0.1) is 0 Å². The van der Waals surface area contributed by atoms with Gasteiger partial charge in [-0.3, -0.25) is 9.59 Å². The molecule has 1 aromatic carbocycles. The molecule has 118 valence electrons. The molecule has 4 nitrogen and oxygen atoms in total. The third kappa shape index (κ3) is 3.97. The van der Waals surface area contributed by atoms with Gasteiger partial charge in [0.25, 0.3) is 0 Å². The lowest BCUT2D eigenvalue weighted by molar-refractivity contribution is -0.140. The van der Waals surface area contributed by atoms with Crippen LogP contribution in [-0.4, -0.2) is 40.7 Å². The summed E-state index contributed by atoms with van der Waals surface area (Å²) < 4.78 is 0. The average molecular weight is 300 g/mol. The Labute approximate surface area is 132 Å². The van der Waals surface area contributed by atoms with Gasteiger partial charge < -0.3 is 9.80 Å². The van der Waals surface area contributed by atoms with Gasteiger partial charge in [-0.05, 0) is 18.4 Å². The van der Waals surface area contributed by atoms with Gasteiger partial charge in [0, 0.05) is 25.6 Å². The second-order valence-electron chi connectivity index (χ2n) is 5.62. The second-order valence-corrected chi connectivity index (χ2v) is 5.62. The maximum Gasteiger partial charge on any atom is 0.242 e. The van der Waals surface area contributed by atoms with Gasteiger partial charge in [-0.25, -0.2) is 0 Å². The highest BCUT2D eigenvalue weighted by Crippen LogP contribution is 2.18. The molecule has 0 aliphatic carbocycles. The van der Waals surface area contributed by atoms with Gasteiger partial charge in [0.2, 0.25) is 11.8 Å². The van der Waals surface area contributed by atoms with Crippen LogP contribution in [0.1, 0.15) is 31.7 Å². The number of hydrogen-bond acceptors (Lipinski definition) is 2. The van der Waals surface area contributed by atoms with E-state index in [0.29, 0.717) is 13.0 Å². The summed E-state index contributed by atoms with van der Waals surface area (Å²) in [6, 6.07) is 9.90. The first-order chi connectivity index (χ1) is 10.7. The third-order valence-electron chi connectivity index (χ3n) is 4.09. The minimum atomic E-state index is 0.00607. The third-order valence-corrected chi connectivity index (χ3v) is 4.09. The molecule has 1 atom stereocenters. The highest BCUT2D eigenvalue weighted by Gasteiger charge is 2.28. The largest absolute Gasteiger partial charge is 0.335 e. The van der Waals surface area contributed by atoms with E-state index in [1.165, 1.54) is 0 Å². The standard InChI is InChI=1S/C18H24N2O2/c1-3-16-11-8-12-20(16)18(22)14-19(17(21)4-2)13-15-9-6-5-7-10-15/h3,5-7,9-10,16H,1,4,8,11-14H2,2H3. The Hall–Kier alpha value is -2.10. The van der Waals surface area contributed by atoms with Crippen LogP contribution in [0.25, 0.3) is 0 Å². The summed E-state index contributed by atoms with van der Waals surface area (Å²) in [5, 5.41) is 0. The van der Waals surface area contributed by atoms with E-state index < -0.39 is 0 Å². The predicted octanol–water partition coefficient (Wildman–Crippen LogP) is 2.60. The summed E-state index contributed by atoms with van der Waals surface area (Å²) in [5.74, 6) is 0.0201. The van der Waals surface area contributed by atoms with Gasteiger partial charge in [-0.15, -0.1) is 6.58 Å². The van der Waals surface area contributed by atoms with Crippen LogP contribution in [0, 0.1) is 0 Å². The molecule has 0 N–H and O–H groups in total. The average Bonchev–Trinajstić information content (AvgIpc) is 3.03. The molecule has 0 bridgehead atoms. The highest BCUT2D eigenvalue weighted by atomic mass is 16.2. The van der Waals surface area contributed by atoms with Crippen LogP contribution < -0.4 is 0 Å². The molecular weight excluding hydrogens is 276 g/mol. The number of benzene rings is 1. The Kier molecular flexibility index (Phi) is 5.75. The first kappa shape index (κ1) is 16.3. The van der Waals surface area contributed by atoms with E-state index >= 15 is 0 Å². The molecule has 2 rings (SSSR count). The van der Waals surface area contributed by atoms with Crippen LogP contribution >= 0.6 is 0 Å². The Morgan fingerprint density at radius 1 is 1.36 bits per heavy atom. The summed E-state index contributed by atoms with van der Waals surface area (Å²) in [7, 11) is 0. The lowest BCUT2D eigenvalue weighted by Gasteiger charge is -2.27. The van der Waals surface area contributed by atoms with E-state index in [2.05, 4.69) is 6.58 Å². The molecule has 1 fully saturated rings. The predicted molar refractivity (Wildman–Crippen MR) is 87.1 cm³/mol. The molecule has 1 aliphatic rings. The molecule has 1 saturated heterocycles. The maximum atomic E-state index is 12.5. The number of likely N-dealkylation sites (tertiary alicyclic amines) is 1. The van der Waals surface area contributed by atoms with Gasteiger partial charge in [-0.1, -0.05) is 43.3 Å². The van der Waals surface area contributed by atoms with Crippen molar-refractivity contribution in [3.05, 3.63) is 48.6 Å². The fourth-order valence-electron chi connectivity index (χ4n) is 2.86.